The first-order valence-corrected chi connectivity index (χ1v) is 7.48. The first-order chi connectivity index (χ1) is 10.2. The molecule has 0 amide bonds. The van der Waals surface area contributed by atoms with E-state index in [0.717, 1.165) is 29.3 Å². The number of Topliss-reactive ketones (excluding diaryl/α,β-unsaturated/α-hetero) is 1. The molecule has 0 spiro atoms. The minimum absolute atomic E-state index is 0.0420. The molecule has 21 heavy (non-hydrogen) atoms. The average molecular weight is 296 g/mol. The summed E-state index contributed by atoms with van der Waals surface area (Å²) >= 11 is 6.06. The Labute approximate surface area is 127 Å². The number of rotatable bonds is 2. The number of fused-ring (bicyclic) bond motifs is 2. The molecule has 3 heteroatoms. The van der Waals surface area contributed by atoms with Crippen molar-refractivity contribution in [3.63, 3.8) is 0 Å². The zero-order chi connectivity index (χ0) is 14.4. The van der Waals surface area contributed by atoms with Gasteiger partial charge in [-0.1, -0.05) is 35.9 Å². The fraction of sp³-hybridized carbons (Fsp3) is 0.167. The standard InChI is InChI=1S/C18H14ClNO/c19-14-5-6-17-15(9-14)16(10-20-17)18(21)13-7-11-3-1-2-4-12(11)8-13/h1-6,9-10,13,20H,7-8H2. The number of aromatic nitrogens is 1. The molecule has 3 aromatic rings. The number of halogens is 1. The third-order valence-corrected chi connectivity index (χ3v) is 4.57. The lowest BCUT2D eigenvalue weighted by molar-refractivity contribution is 0.0926. The second kappa shape index (κ2) is 4.74. The Morgan fingerprint density at radius 2 is 1.81 bits per heavy atom. The van der Waals surface area contributed by atoms with Crippen LogP contribution in [-0.2, 0) is 12.8 Å². The SMILES string of the molecule is O=C(c1c[nH]c2ccc(Cl)cc12)C1Cc2ccccc2C1. The molecule has 0 atom stereocenters. The molecule has 0 saturated heterocycles. The van der Waals surface area contributed by atoms with Crippen molar-refractivity contribution in [2.24, 2.45) is 5.92 Å². The van der Waals surface area contributed by atoms with E-state index in [-0.39, 0.29) is 11.7 Å². The van der Waals surface area contributed by atoms with Crippen LogP contribution in [0.2, 0.25) is 5.02 Å². The average Bonchev–Trinajstić information content (AvgIpc) is 3.09. The lowest BCUT2D eigenvalue weighted by Crippen LogP contribution is -2.14. The normalized spacial score (nSPS) is 14.5. The van der Waals surface area contributed by atoms with Crippen molar-refractivity contribution in [2.75, 3.05) is 0 Å². The van der Waals surface area contributed by atoms with Crippen LogP contribution in [0.3, 0.4) is 0 Å². The van der Waals surface area contributed by atoms with Gasteiger partial charge in [0.15, 0.2) is 5.78 Å². The van der Waals surface area contributed by atoms with Crippen molar-refractivity contribution in [3.05, 3.63) is 70.4 Å². The molecule has 104 valence electrons. The van der Waals surface area contributed by atoms with Gasteiger partial charge in [-0.3, -0.25) is 4.79 Å². The van der Waals surface area contributed by atoms with Crippen LogP contribution in [0.15, 0.2) is 48.7 Å². The molecule has 0 unspecified atom stereocenters. The van der Waals surface area contributed by atoms with Crippen LogP contribution in [0, 0.1) is 5.92 Å². The molecule has 1 aromatic heterocycles. The molecule has 0 bridgehead atoms. The van der Waals surface area contributed by atoms with Crippen LogP contribution in [-0.4, -0.2) is 10.8 Å². The van der Waals surface area contributed by atoms with Gasteiger partial charge in [-0.05, 0) is 42.2 Å². The lowest BCUT2D eigenvalue weighted by Gasteiger charge is -2.07. The van der Waals surface area contributed by atoms with Gasteiger partial charge in [-0.25, -0.2) is 0 Å². The van der Waals surface area contributed by atoms with E-state index in [1.807, 2.05) is 36.5 Å². The van der Waals surface area contributed by atoms with E-state index < -0.39 is 0 Å². The van der Waals surface area contributed by atoms with E-state index in [1.165, 1.54) is 11.1 Å². The smallest absolute Gasteiger partial charge is 0.168 e. The minimum Gasteiger partial charge on any atom is -0.360 e. The number of nitrogens with one attached hydrogen (secondary N) is 1. The number of H-pyrrole nitrogens is 1. The number of carbonyl (C=O) groups is 1. The number of ketones is 1. The number of carbonyl (C=O) groups excluding carboxylic acids is 1. The molecule has 1 aliphatic carbocycles. The Kier molecular flexibility index (Phi) is 2.86. The summed E-state index contributed by atoms with van der Waals surface area (Å²) in [5.41, 5.74) is 4.31. The molecule has 0 fully saturated rings. The molecule has 1 aliphatic rings. The minimum atomic E-state index is 0.0420. The van der Waals surface area contributed by atoms with Gasteiger partial charge in [0.05, 0.1) is 0 Å². The van der Waals surface area contributed by atoms with Crippen LogP contribution in [0.25, 0.3) is 10.9 Å². The van der Waals surface area contributed by atoms with Crippen LogP contribution in [0.5, 0.6) is 0 Å². The van der Waals surface area contributed by atoms with Gasteiger partial charge in [0.2, 0.25) is 0 Å². The predicted molar refractivity (Wildman–Crippen MR) is 85.0 cm³/mol. The molecule has 2 aromatic carbocycles. The third kappa shape index (κ3) is 2.07. The molecule has 0 radical (unpaired) electrons. The van der Waals surface area contributed by atoms with Crippen LogP contribution in [0.1, 0.15) is 21.5 Å². The quantitative estimate of drug-likeness (QED) is 0.698. The summed E-state index contributed by atoms with van der Waals surface area (Å²) in [5, 5.41) is 1.58. The number of aromatic amines is 1. The summed E-state index contributed by atoms with van der Waals surface area (Å²) < 4.78 is 0. The topological polar surface area (TPSA) is 32.9 Å². The first-order valence-electron chi connectivity index (χ1n) is 7.10. The number of benzene rings is 2. The Morgan fingerprint density at radius 3 is 2.52 bits per heavy atom. The number of hydrogen-bond acceptors (Lipinski definition) is 1. The maximum atomic E-state index is 12.8. The van der Waals surface area contributed by atoms with E-state index in [1.54, 1.807) is 0 Å². The number of hydrogen-bond donors (Lipinski definition) is 1. The zero-order valence-corrected chi connectivity index (χ0v) is 12.2. The molecule has 2 nitrogen and oxygen atoms in total. The molecule has 1 N–H and O–H groups in total. The Balaban J connectivity index is 1.70. The van der Waals surface area contributed by atoms with Gasteiger partial charge in [-0.15, -0.1) is 0 Å². The maximum absolute atomic E-state index is 12.8. The van der Waals surface area contributed by atoms with Crippen LogP contribution < -0.4 is 0 Å². The molecule has 4 rings (SSSR count). The highest BCUT2D eigenvalue weighted by Gasteiger charge is 2.29. The fourth-order valence-corrected chi connectivity index (χ4v) is 3.43. The molecular formula is C18H14ClNO. The summed E-state index contributed by atoms with van der Waals surface area (Å²) in [5.74, 6) is 0.250. The van der Waals surface area contributed by atoms with E-state index in [4.69, 9.17) is 11.6 Å². The summed E-state index contributed by atoms with van der Waals surface area (Å²) in [4.78, 5) is 16.0. The highest BCUT2D eigenvalue weighted by molar-refractivity contribution is 6.31. The van der Waals surface area contributed by atoms with Crippen molar-refractivity contribution in [2.45, 2.75) is 12.8 Å². The first kappa shape index (κ1) is 12.7. The zero-order valence-electron chi connectivity index (χ0n) is 11.4. The van der Waals surface area contributed by atoms with Crippen molar-refractivity contribution < 1.29 is 4.79 Å². The van der Waals surface area contributed by atoms with Gasteiger partial charge in [0, 0.05) is 33.6 Å². The van der Waals surface area contributed by atoms with E-state index in [0.29, 0.717) is 5.02 Å². The Hall–Kier alpha value is -2.06. The predicted octanol–water partition coefficient (Wildman–Crippen LogP) is 4.42. The van der Waals surface area contributed by atoms with Crippen molar-refractivity contribution in [1.82, 2.24) is 4.98 Å². The van der Waals surface area contributed by atoms with Crippen molar-refractivity contribution in [1.29, 1.82) is 0 Å². The van der Waals surface area contributed by atoms with Gasteiger partial charge >= 0.3 is 0 Å². The maximum Gasteiger partial charge on any atom is 0.168 e. The second-order valence-electron chi connectivity index (χ2n) is 5.63. The Bertz CT molecular complexity index is 824. The highest BCUT2D eigenvalue weighted by Crippen LogP contribution is 2.31. The molecule has 1 heterocycles. The van der Waals surface area contributed by atoms with E-state index >= 15 is 0 Å². The van der Waals surface area contributed by atoms with Crippen LogP contribution in [0.4, 0.5) is 0 Å². The molecule has 0 aliphatic heterocycles. The third-order valence-electron chi connectivity index (χ3n) is 4.33. The van der Waals surface area contributed by atoms with Crippen molar-refractivity contribution >= 4 is 28.3 Å². The van der Waals surface area contributed by atoms with Gasteiger partial charge in [0.25, 0.3) is 0 Å². The fourth-order valence-electron chi connectivity index (χ4n) is 3.26. The second-order valence-corrected chi connectivity index (χ2v) is 6.07. The van der Waals surface area contributed by atoms with Gasteiger partial charge in [0.1, 0.15) is 0 Å². The van der Waals surface area contributed by atoms with Crippen molar-refractivity contribution in [3.8, 4) is 0 Å². The Morgan fingerprint density at radius 1 is 1.10 bits per heavy atom. The van der Waals surface area contributed by atoms with E-state index in [9.17, 15) is 4.79 Å². The summed E-state index contributed by atoms with van der Waals surface area (Å²) in [6.07, 6.45) is 3.48. The van der Waals surface area contributed by atoms with Gasteiger partial charge in [-0.2, -0.15) is 0 Å². The van der Waals surface area contributed by atoms with Gasteiger partial charge < -0.3 is 4.98 Å². The highest BCUT2D eigenvalue weighted by atomic mass is 35.5. The van der Waals surface area contributed by atoms with Crippen LogP contribution >= 0.6 is 11.6 Å². The summed E-state index contributed by atoms with van der Waals surface area (Å²) in [6.45, 7) is 0. The lowest BCUT2D eigenvalue weighted by atomic mass is 9.95. The molecular weight excluding hydrogens is 282 g/mol. The monoisotopic (exact) mass is 295 g/mol. The summed E-state index contributed by atoms with van der Waals surface area (Å²) in [6, 6.07) is 13.9. The van der Waals surface area contributed by atoms with E-state index in [2.05, 4.69) is 17.1 Å². The summed E-state index contributed by atoms with van der Waals surface area (Å²) in [7, 11) is 0. The largest absolute Gasteiger partial charge is 0.360 e. The molecule has 0 saturated carbocycles.